The Morgan fingerprint density at radius 3 is 2.90 bits per heavy atom. The summed E-state index contributed by atoms with van der Waals surface area (Å²) >= 11 is 1.61. The number of thiophene rings is 1. The maximum Gasteiger partial charge on any atom is 0.326 e. The van der Waals surface area contributed by atoms with E-state index in [0.29, 0.717) is 19.0 Å². The summed E-state index contributed by atoms with van der Waals surface area (Å²) in [5, 5.41) is 16.4. The molecule has 0 radical (unpaired) electrons. The summed E-state index contributed by atoms with van der Waals surface area (Å²) < 4.78 is 0. The largest absolute Gasteiger partial charge is 0.480 e. The van der Waals surface area contributed by atoms with E-state index in [-0.39, 0.29) is 11.9 Å². The van der Waals surface area contributed by atoms with E-state index in [4.69, 9.17) is 0 Å². The summed E-state index contributed by atoms with van der Waals surface area (Å²) in [6.07, 6.45) is 3.06. The van der Waals surface area contributed by atoms with Gasteiger partial charge in [0.15, 0.2) is 0 Å². The summed E-state index contributed by atoms with van der Waals surface area (Å²) in [7, 11) is 0. The van der Waals surface area contributed by atoms with E-state index >= 15 is 0 Å². The average Bonchev–Trinajstić information content (AvgIpc) is 3.10. The van der Waals surface area contributed by atoms with E-state index in [0.717, 1.165) is 30.4 Å². The highest BCUT2D eigenvalue weighted by Crippen LogP contribution is 2.42. The Balaban J connectivity index is 1.66. The highest BCUT2D eigenvalue weighted by atomic mass is 32.1. The van der Waals surface area contributed by atoms with Crippen LogP contribution < -0.4 is 5.32 Å². The maximum absolute atomic E-state index is 12.4. The van der Waals surface area contributed by atoms with Gasteiger partial charge in [0.25, 0.3) is 0 Å². The molecule has 6 heteroatoms. The van der Waals surface area contributed by atoms with Crippen LogP contribution in [0.3, 0.4) is 0 Å². The van der Waals surface area contributed by atoms with Crippen LogP contribution in [0.5, 0.6) is 0 Å². The van der Waals surface area contributed by atoms with Crippen molar-refractivity contribution in [2.24, 2.45) is 11.8 Å². The lowest BCUT2D eigenvalue weighted by molar-refractivity contribution is -0.142. The molecule has 2 fully saturated rings. The van der Waals surface area contributed by atoms with E-state index in [2.05, 4.69) is 5.32 Å². The second-order valence-corrected chi connectivity index (χ2v) is 6.77. The molecule has 3 atom stereocenters. The van der Waals surface area contributed by atoms with Gasteiger partial charge >= 0.3 is 12.0 Å². The molecule has 0 bridgehead atoms. The van der Waals surface area contributed by atoms with Crippen LogP contribution in [0.1, 0.15) is 30.4 Å². The van der Waals surface area contributed by atoms with Gasteiger partial charge in [0.05, 0.1) is 0 Å². The Hall–Kier alpha value is -1.56. The van der Waals surface area contributed by atoms with Crippen LogP contribution in [0.25, 0.3) is 0 Å². The second kappa shape index (κ2) is 5.67. The smallest absolute Gasteiger partial charge is 0.326 e. The summed E-state index contributed by atoms with van der Waals surface area (Å²) in [5.74, 6) is -0.373. The fourth-order valence-corrected chi connectivity index (χ4v) is 4.53. The third-order valence-corrected chi connectivity index (χ3v) is 5.71. The Labute approximate surface area is 128 Å². The van der Waals surface area contributed by atoms with E-state index in [1.807, 2.05) is 17.7 Å². The van der Waals surface area contributed by atoms with Gasteiger partial charge < -0.3 is 15.3 Å². The predicted molar refractivity (Wildman–Crippen MR) is 80.3 cm³/mol. The fraction of sp³-hybridized carbons (Fsp3) is 0.600. The highest BCUT2D eigenvalue weighted by molar-refractivity contribution is 7.08. The zero-order valence-corrected chi connectivity index (χ0v) is 12.9. The molecule has 2 aliphatic rings. The maximum atomic E-state index is 12.4. The number of likely N-dealkylation sites (tertiary alicyclic amines) is 1. The Morgan fingerprint density at radius 1 is 1.43 bits per heavy atom. The first-order chi connectivity index (χ1) is 10.1. The number of carbonyl (C=O) groups is 2. The molecule has 114 valence electrons. The molecular formula is C15H20N2O3S. The van der Waals surface area contributed by atoms with Crippen LogP contribution in [0.4, 0.5) is 4.79 Å². The molecule has 1 aromatic rings. The van der Waals surface area contributed by atoms with Crippen molar-refractivity contribution in [2.45, 2.75) is 38.8 Å². The molecule has 2 amide bonds. The Morgan fingerprint density at radius 2 is 2.24 bits per heavy atom. The number of aryl methyl sites for hydroxylation is 1. The monoisotopic (exact) mass is 308 g/mol. The third kappa shape index (κ3) is 2.64. The summed E-state index contributed by atoms with van der Waals surface area (Å²) in [5.41, 5.74) is 2.26. The van der Waals surface area contributed by atoms with Crippen molar-refractivity contribution < 1.29 is 14.7 Å². The van der Waals surface area contributed by atoms with Crippen molar-refractivity contribution in [3.05, 3.63) is 21.9 Å². The van der Waals surface area contributed by atoms with E-state index in [9.17, 15) is 14.7 Å². The fourth-order valence-electron chi connectivity index (χ4n) is 3.67. The molecule has 1 aromatic heterocycles. The molecule has 1 saturated carbocycles. The van der Waals surface area contributed by atoms with Crippen LogP contribution in [0, 0.1) is 18.8 Å². The predicted octanol–water partition coefficient (Wildman–Crippen LogP) is 2.45. The van der Waals surface area contributed by atoms with Crippen molar-refractivity contribution in [1.82, 2.24) is 10.2 Å². The molecule has 5 nitrogen and oxygen atoms in total. The van der Waals surface area contributed by atoms with Gasteiger partial charge in [-0.1, -0.05) is 6.42 Å². The quantitative estimate of drug-likeness (QED) is 0.901. The van der Waals surface area contributed by atoms with Crippen molar-refractivity contribution >= 4 is 23.3 Å². The zero-order chi connectivity index (χ0) is 15.0. The number of hydrogen-bond donors (Lipinski definition) is 2. The number of aliphatic carboxylic acids is 1. The number of nitrogens with one attached hydrogen (secondary N) is 1. The van der Waals surface area contributed by atoms with Crippen molar-refractivity contribution in [1.29, 1.82) is 0 Å². The lowest BCUT2D eigenvalue weighted by Crippen LogP contribution is -2.47. The molecule has 1 aliphatic heterocycles. The zero-order valence-electron chi connectivity index (χ0n) is 12.0. The molecule has 3 rings (SSSR count). The minimum atomic E-state index is -0.869. The molecule has 1 saturated heterocycles. The number of fused-ring (bicyclic) bond motifs is 1. The number of urea groups is 1. The average molecular weight is 308 g/mol. The number of nitrogens with zero attached hydrogens (tertiary/aromatic N) is 1. The standard InChI is InChI=1S/C15H20N2O3S/c1-9-7-21-8-11(9)5-16-15(20)17-6-10-3-2-4-12(10)13(17)14(18)19/h7-8,10,12-13H,2-6H2,1H3,(H,16,20)(H,18,19). The van der Waals surface area contributed by atoms with Gasteiger partial charge in [0.2, 0.25) is 0 Å². The van der Waals surface area contributed by atoms with Crippen molar-refractivity contribution in [2.75, 3.05) is 6.54 Å². The molecule has 3 unspecified atom stereocenters. The molecule has 0 spiro atoms. The number of amides is 2. The summed E-state index contributed by atoms with van der Waals surface area (Å²) in [6.45, 7) is 3.06. The first-order valence-corrected chi connectivity index (χ1v) is 8.31. The summed E-state index contributed by atoms with van der Waals surface area (Å²) in [4.78, 5) is 25.4. The lowest BCUT2D eigenvalue weighted by atomic mass is 9.94. The lowest BCUT2D eigenvalue weighted by Gasteiger charge is -2.24. The van der Waals surface area contributed by atoms with Gasteiger partial charge in [-0.3, -0.25) is 0 Å². The number of carboxylic acid groups (broad SMARTS) is 1. The van der Waals surface area contributed by atoms with Gasteiger partial charge in [-0.15, -0.1) is 0 Å². The van der Waals surface area contributed by atoms with Crippen LogP contribution in [0.15, 0.2) is 10.8 Å². The highest BCUT2D eigenvalue weighted by Gasteiger charge is 2.49. The van der Waals surface area contributed by atoms with Gasteiger partial charge in [-0.2, -0.15) is 11.3 Å². The molecule has 0 aromatic carbocycles. The number of hydrogen-bond acceptors (Lipinski definition) is 3. The van der Waals surface area contributed by atoms with E-state index in [1.54, 1.807) is 11.3 Å². The molecule has 2 heterocycles. The van der Waals surface area contributed by atoms with Gasteiger partial charge in [-0.05, 0) is 53.5 Å². The minimum Gasteiger partial charge on any atom is -0.480 e. The SMILES string of the molecule is Cc1cscc1CNC(=O)N1CC2CCCC2C1C(=O)O. The molecule has 1 aliphatic carbocycles. The van der Waals surface area contributed by atoms with Crippen LogP contribution in [-0.4, -0.2) is 34.6 Å². The number of carboxylic acids is 1. The number of rotatable bonds is 3. The van der Waals surface area contributed by atoms with Crippen LogP contribution in [0.2, 0.25) is 0 Å². The normalized spacial score (nSPS) is 27.7. The first-order valence-electron chi connectivity index (χ1n) is 7.37. The first kappa shape index (κ1) is 14.4. The van der Waals surface area contributed by atoms with Crippen molar-refractivity contribution in [3.8, 4) is 0 Å². The Kier molecular flexibility index (Phi) is 3.89. The molecule has 2 N–H and O–H groups in total. The molecular weight excluding hydrogens is 288 g/mol. The topological polar surface area (TPSA) is 69.6 Å². The van der Waals surface area contributed by atoms with Crippen molar-refractivity contribution in [3.63, 3.8) is 0 Å². The van der Waals surface area contributed by atoms with Gasteiger partial charge in [0.1, 0.15) is 6.04 Å². The Bertz CT molecular complexity index is 557. The van der Waals surface area contributed by atoms with E-state index < -0.39 is 12.0 Å². The third-order valence-electron chi connectivity index (χ3n) is 4.80. The number of carbonyl (C=O) groups excluding carboxylic acids is 1. The van der Waals surface area contributed by atoms with Crippen LogP contribution in [-0.2, 0) is 11.3 Å². The molecule has 21 heavy (non-hydrogen) atoms. The van der Waals surface area contributed by atoms with E-state index in [1.165, 1.54) is 4.90 Å². The minimum absolute atomic E-state index is 0.135. The second-order valence-electron chi connectivity index (χ2n) is 6.03. The van der Waals surface area contributed by atoms with Crippen LogP contribution >= 0.6 is 11.3 Å². The summed E-state index contributed by atoms with van der Waals surface area (Å²) in [6, 6.07) is -0.900. The van der Waals surface area contributed by atoms with Gasteiger partial charge in [0, 0.05) is 13.1 Å². The van der Waals surface area contributed by atoms with Gasteiger partial charge in [-0.25, -0.2) is 9.59 Å².